The van der Waals surface area contributed by atoms with Crippen molar-refractivity contribution >= 4 is 11.9 Å². The lowest BCUT2D eigenvalue weighted by molar-refractivity contribution is 0.292. The highest BCUT2D eigenvalue weighted by molar-refractivity contribution is 5.32. The number of ether oxygens (including phenoxy) is 1. The lowest BCUT2D eigenvalue weighted by Gasteiger charge is -2.07. The summed E-state index contributed by atoms with van der Waals surface area (Å²) in [5.74, 6) is 0.552. The predicted molar refractivity (Wildman–Crippen MR) is 75.5 cm³/mol. The van der Waals surface area contributed by atoms with E-state index in [0.29, 0.717) is 25.6 Å². The van der Waals surface area contributed by atoms with Crippen LogP contribution in [0, 0.1) is 6.92 Å². The van der Waals surface area contributed by atoms with E-state index in [1.54, 1.807) is 0 Å². The number of anilines is 2. The van der Waals surface area contributed by atoms with Crippen molar-refractivity contribution in [3.8, 4) is 6.01 Å². The summed E-state index contributed by atoms with van der Waals surface area (Å²) in [6.07, 6.45) is 4.67. The second-order valence-corrected chi connectivity index (χ2v) is 4.36. The molecule has 3 N–H and O–H groups in total. The fourth-order valence-electron chi connectivity index (χ4n) is 1.58. The third-order valence-electron chi connectivity index (χ3n) is 2.45. The molecule has 0 aliphatic carbocycles. The molecule has 0 aliphatic rings. The fraction of sp³-hybridized carbons (Fsp3) is 0.500. The van der Waals surface area contributed by atoms with E-state index in [-0.39, 0.29) is 12.0 Å². The summed E-state index contributed by atoms with van der Waals surface area (Å²) >= 11 is 0. The number of hydrogen-bond acceptors (Lipinski definition) is 7. The molecule has 20 heavy (non-hydrogen) atoms. The minimum atomic E-state index is 0.142. The zero-order valence-electron chi connectivity index (χ0n) is 11.7. The molecule has 0 radical (unpaired) electrons. The zero-order chi connectivity index (χ0) is 14.4. The average molecular weight is 277 g/mol. The Kier molecular flexibility index (Phi) is 4.70. The molecule has 0 aromatic carbocycles. The first-order valence-corrected chi connectivity index (χ1v) is 6.54. The SMILES string of the molecule is CCCOc1nc(N)nc(NCCn2cc(C)cn2)n1. The highest BCUT2D eigenvalue weighted by atomic mass is 16.5. The van der Waals surface area contributed by atoms with Crippen molar-refractivity contribution in [2.24, 2.45) is 0 Å². The van der Waals surface area contributed by atoms with Gasteiger partial charge in [-0.15, -0.1) is 0 Å². The minimum absolute atomic E-state index is 0.142. The molecule has 108 valence electrons. The predicted octanol–water partition coefficient (Wildman–Crippen LogP) is 0.860. The van der Waals surface area contributed by atoms with E-state index in [2.05, 4.69) is 25.4 Å². The summed E-state index contributed by atoms with van der Waals surface area (Å²) < 4.78 is 7.19. The van der Waals surface area contributed by atoms with Crippen LogP contribution >= 0.6 is 0 Å². The van der Waals surface area contributed by atoms with E-state index in [4.69, 9.17) is 10.5 Å². The van der Waals surface area contributed by atoms with Crippen LogP contribution < -0.4 is 15.8 Å². The van der Waals surface area contributed by atoms with Crippen LogP contribution in [0.25, 0.3) is 0 Å². The number of nitrogens with zero attached hydrogens (tertiary/aromatic N) is 5. The van der Waals surface area contributed by atoms with Crippen LogP contribution in [0.2, 0.25) is 0 Å². The van der Waals surface area contributed by atoms with Gasteiger partial charge in [0.2, 0.25) is 11.9 Å². The van der Waals surface area contributed by atoms with Gasteiger partial charge in [0.05, 0.1) is 19.3 Å². The van der Waals surface area contributed by atoms with Gasteiger partial charge >= 0.3 is 6.01 Å². The van der Waals surface area contributed by atoms with Gasteiger partial charge < -0.3 is 15.8 Å². The Morgan fingerprint density at radius 2 is 2.20 bits per heavy atom. The van der Waals surface area contributed by atoms with Crippen LogP contribution in [-0.4, -0.2) is 37.9 Å². The second kappa shape index (κ2) is 6.69. The molecule has 0 amide bonds. The molecule has 2 aromatic rings. The highest BCUT2D eigenvalue weighted by Gasteiger charge is 2.05. The number of nitrogen functional groups attached to an aromatic ring is 1. The molecular formula is C12H19N7O. The standard InChI is InChI=1S/C12H19N7O/c1-3-6-20-12-17-10(13)16-11(18-12)14-4-5-19-8-9(2)7-15-19/h7-8H,3-6H2,1-2H3,(H3,13,14,16,17,18). The third-order valence-corrected chi connectivity index (χ3v) is 2.45. The quantitative estimate of drug-likeness (QED) is 0.773. The molecule has 8 heteroatoms. The molecule has 0 unspecified atom stereocenters. The van der Waals surface area contributed by atoms with Crippen molar-refractivity contribution in [3.63, 3.8) is 0 Å². The summed E-state index contributed by atoms with van der Waals surface area (Å²) in [5, 5.41) is 7.27. The Bertz CT molecular complexity index is 554. The molecule has 0 fully saturated rings. The zero-order valence-corrected chi connectivity index (χ0v) is 11.7. The van der Waals surface area contributed by atoms with Crippen LogP contribution in [0.5, 0.6) is 6.01 Å². The van der Waals surface area contributed by atoms with E-state index in [1.807, 2.05) is 30.9 Å². The fourth-order valence-corrected chi connectivity index (χ4v) is 1.58. The van der Waals surface area contributed by atoms with Gasteiger partial charge in [0.25, 0.3) is 0 Å². The van der Waals surface area contributed by atoms with Gasteiger partial charge in [0.1, 0.15) is 0 Å². The average Bonchev–Trinajstić information content (AvgIpc) is 2.81. The Hall–Kier alpha value is -2.38. The highest BCUT2D eigenvalue weighted by Crippen LogP contribution is 2.09. The lowest BCUT2D eigenvalue weighted by Crippen LogP contribution is -2.14. The van der Waals surface area contributed by atoms with Crippen LogP contribution in [-0.2, 0) is 6.54 Å². The molecule has 2 rings (SSSR count). The van der Waals surface area contributed by atoms with Gasteiger partial charge in [-0.2, -0.15) is 20.1 Å². The topological polar surface area (TPSA) is 104 Å². The molecule has 0 saturated heterocycles. The van der Waals surface area contributed by atoms with E-state index >= 15 is 0 Å². The minimum Gasteiger partial charge on any atom is -0.463 e. The lowest BCUT2D eigenvalue weighted by atomic mass is 10.4. The van der Waals surface area contributed by atoms with Crippen LogP contribution in [0.4, 0.5) is 11.9 Å². The molecule has 0 spiro atoms. The number of nitrogens with two attached hydrogens (primary N) is 1. The van der Waals surface area contributed by atoms with Crippen molar-refractivity contribution in [1.82, 2.24) is 24.7 Å². The Morgan fingerprint density at radius 3 is 2.90 bits per heavy atom. The van der Waals surface area contributed by atoms with Gasteiger partial charge in [-0.1, -0.05) is 6.92 Å². The maximum atomic E-state index is 5.62. The first-order valence-electron chi connectivity index (χ1n) is 6.54. The van der Waals surface area contributed by atoms with Gasteiger partial charge in [0, 0.05) is 12.7 Å². The number of hydrogen-bond donors (Lipinski definition) is 2. The normalized spacial score (nSPS) is 10.5. The maximum Gasteiger partial charge on any atom is 0.323 e. The molecular weight excluding hydrogens is 258 g/mol. The van der Waals surface area contributed by atoms with Crippen molar-refractivity contribution in [1.29, 1.82) is 0 Å². The monoisotopic (exact) mass is 277 g/mol. The smallest absolute Gasteiger partial charge is 0.323 e. The van der Waals surface area contributed by atoms with Crippen molar-refractivity contribution in [2.75, 3.05) is 24.2 Å². The maximum absolute atomic E-state index is 5.62. The number of nitrogens with one attached hydrogen (secondary N) is 1. The molecule has 0 aliphatic heterocycles. The number of rotatable bonds is 7. The molecule has 2 heterocycles. The third kappa shape index (κ3) is 4.08. The van der Waals surface area contributed by atoms with Crippen molar-refractivity contribution < 1.29 is 4.74 Å². The van der Waals surface area contributed by atoms with Crippen molar-refractivity contribution in [2.45, 2.75) is 26.8 Å². The molecule has 0 bridgehead atoms. The molecule has 0 saturated carbocycles. The van der Waals surface area contributed by atoms with E-state index in [0.717, 1.165) is 12.0 Å². The first-order chi connectivity index (χ1) is 9.67. The Balaban J connectivity index is 1.89. The van der Waals surface area contributed by atoms with Crippen molar-refractivity contribution in [3.05, 3.63) is 18.0 Å². The molecule has 0 atom stereocenters. The number of aryl methyl sites for hydroxylation is 1. The Morgan fingerprint density at radius 1 is 1.35 bits per heavy atom. The van der Waals surface area contributed by atoms with Crippen LogP contribution in [0.3, 0.4) is 0 Å². The Labute approximate surface area is 117 Å². The van der Waals surface area contributed by atoms with E-state index in [9.17, 15) is 0 Å². The first kappa shape index (κ1) is 14.0. The largest absolute Gasteiger partial charge is 0.463 e. The second-order valence-electron chi connectivity index (χ2n) is 4.36. The van der Waals surface area contributed by atoms with E-state index in [1.165, 1.54) is 0 Å². The van der Waals surface area contributed by atoms with E-state index < -0.39 is 0 Å². The van der Waals surface area contributed by atoms with Gasteiger partial charge in [0.15, 0.2) is 0 Å². The summed E-state index contributed by atoms with van der Waals surface area (Å²) in [4.78, 5) is 12.1. The number of aromatic nitrogens is 5. The van der Waals surface area contributed by atoms with Crippen LogP contribution in [0.15, 0.2) is 12.4 Å². The summed E-state index contributed by atoms with van der Waals surface area (Å²) in [7, 11) is 0. The molecule has 2 aromatic heterocycles. The summed E-state index contributed by atoms with van der Waals surface area (Å²) in [5.41, 5.74) is 6.75. The molecule has 8 nitrogen and oxygen atoms in total. The summed E-state index contributed by atoms with van der Waals surface area (Å²) in [6, 6.07) is 0.247. The summed E-state index contributed by atoms with van der Waals surface area (Å²) in [6.45, 7) is 5.91. The van der Waals surface area contributed by atoms with Gasteiger partial charge in [-0.3, -0.25) is 4.68 Å². The van der Waals surface area contributed by atoms with Crippen LogP contribution in [0.1, 0.15) is 18.9 Å². The van der Waals surface area contributed by atoms with Gasteiger partial charge in [-0.25, -0.2) is 0 Å². The van der Waals surface area contributed by atoms with Gasteiger partial charge in [-0.05, 0) is 18.9 Å².